The second-order valence-electron chi connectivity index (χ2n) is 6.57. The second kappa shape index (κ2) is 9.21. The van der Waals surface area contributed by atoms with Crippen molar-refractivity contribution in [1.29, 1.82) is 10.5 Å². The van der Waals surface area contributed by atoms with Crippen LogP contribution in [0.3, 0.4) is 0 Å². The van der Waals surface area contributed by atoms with Crippen LogP contribution >= 0.6 is 11.3 Å². The molecule has 0 fully saturated rings. The van der Waals surface area contributed by atoms with Crippen LogP contribution in [0, 0.1) is 22.7 Å². The third-order valence-electron chi connectivity index (χ3n) is 4.54. The normalized spacial score (nSPS) is 13.2. The molecule has 142 valence electrons. The van der Waals surface area contributed by atoms with Gasteiger partial charge in [-0.3, -0.25) is 4.79 Å². The Morgan fingerprint density at radius 3 is 2.68 bits per heavy atom. The molecule has 0 saturated heterocycles. The molecule has 5 nitrogen and oxygen atoms in total. The molecule has 1 aliphatic carbocycles. The lowest BCUT2D eigenvalue weighted by Gasteiger charge is -2.09. The van der Waals surface area contributed by atoms with Gasteiger partial charge in [-0.25, -0.2) is 0 Å². The molecule has 0 spiro atoms. The van der Waals surface area contributed by atoms with E-state index in [1.165, 1.54) is 16.2 Å². The molecule has 1 aliphatic rings. The van der Waals surface area contributed by atoms with Crippen LogP contribution in [0.4, 0.5) is 5.00 Å². The fraction of sp³-hybridized carbons (Fsp3) is 0.318. The molecule has 1 heterocycles. The van der Waals surface area contributed by atoms with E-state index in [-0.39, 0.29) is 5.57 Å². The van der Waals surface area contributed by atoms with Gasteiger partial charge in [0, 0.05) is 4.88 Å². The zero-order chi connectivity index (χ0) is 19.9. The number of hydrogen-bond donors (Lipinski definition) is 1. The smallest absolute Gasteiger partial charge is 0.266 e. The molecule has 1 amide bonds. The average molecular weight is 391 g/mol. The predicted molar refractivity (Wildman–Crippen MR) is 110 cm³/mol. The zero-order valence-corrected chi connectivity index (χ0v) is 16.6. The summed E-state index contributed by atoms with van der Waals surface area (Å²) in [4.78, 5) is 13.8. The molecule has 0 saturated carbocycles. The van der Waals surface area contributed by atoms with Gasteiger partial charge in [-0.1, -0.05) is 19.1 Å². The third kappa shape index (κ3) is 4.42. The molecule has 1 aromatic heterocycles. The molecule has 0 aliphatic heterocycles. The minimum atomic E-state index is -0.496. The van der Waals surface area contributed by atoms with Gasteiger partial charge in [0.2, 0.25) is 0 Å². The van der Waals surface area contributed by atoms with E-state index in [1.54, 1.807) is 18.2 Å². The van der Waals surface area contributed by atoms with Gasteiger partial charge in [0.05, 0.1) is 12.2 Å². The highest BCUT2D eigenvalue weighted by Gasteiger charge is 2.22. The van der Waals surface area contributed by atoms with E-state index >= 15 is 0 Å². The number of fused-ring (bicyclic) bond motifs is 1. The second-order valence-corrected chi connectivity index (χ2v) is 7.67. The fourth-order valence-corrected chi connectivity index (χ4v) is 4.37. The minimum Gasteiger partial charge on any atom is -0.494 e. The van der Waals surface area contributed by atoms with Gasteiger partial charge in [-0.2, -0.15) is 10.5 Å². The number of rotatable bonds is 6. The number of nitrogens with zero attached hydrogens (tertiary/aromatic N) is 2. The van der Waals surface area contributed by atoms with Gasteiger partial charge < -0.3 is 10.1 Å². The number of anilines is 1. The van der Waals surface area contributed by atoms with Crippen molar-refractivity contribution in [1.82, 2.24) is 0 Å². The van der Waals surface area contributed by atoms with Crippen LogP contribution < -0.4 is 10.1 Å². The molecular weight excluding hydrogens is 370 g/mol. The van der Waals surface area contributed by atoms with Crippen molar-refractivity contribution in [2.45, 2.75) is 39.0 Å². The van der Waals surface area contributed by atoms with Crippen LogP contribution in [-0.4, -0.2) is 12.5 Å². The van der Waals surface area contributed by atoms with Crippen molar-refractivity contribution >= 4 is 28.3 Å². The molecule has 3 rings (SSSR count). The first-order chi connectivity index (χ1) is 13.7. The lowest BCUT2D eigenvalue weighted by molar-refractivity contribution is -0.112. The van der Waals surface area contributed by atoms with Gasteiger partial charge in [0.15, 0.2) is 0 Å². The van der Waals surface area contributed by atoms with E-state index in [4.69, 9.17) is 4.74 Å². The van der Waals surface area contributed by atoms with Crippen molar-refractivity contribution in [3.05, 3.63) is 51.4 Å². The highest BCUT2D eigenvalue weighted by molar-refractivity contribution is 7.16. The number of aryl methyl sites for hydroxylation is 1. The van der Waals surface area contributed by atoms with Crippen molar-refractivity contribution in [3.8, 4) is 17.9 Å². The van der Waals surface area contributed by atoms with Crippen LogP contribution in [0.5, 0.6) is 5.75 Å². The highest BCUT2D eigenvalue weighted by Crippen LogP contribution is 2.37. The number of hydrogen-bond acceptors (Lipinski definition) is 5. The Bertz CT molecular complexity index is 975. The Hall–Kier alpha value is -3.09. The summed E-state index contributed by atoms with van der Waals surface area (Å²) in [7, 11) is 0. The van der Waals surface area contributed by atoms with E-state index < -0.39 is 5.91 Å². The number of nitriles is 2. The quantitative estimate of drug-likeness (QED) is 0.564. The topological polar surface area (TPSA) is 85.9 Å². The highest BCUT2D eigenvalue weighted by atomic mass is 32.1. The first-order valence-electron chi connectivity index (χ1n) is 9.37. The molecule has 6 heteroatoms. The summed E-state index contributed by atoms with van der Waals surface area (Å²) in [6.07, 6.45) is 6.45. The number of benzene rings is 1. The zero-order valence-electron chi connectivity index (χ0n) is 15.7. The summed E-state index contributed by atoms with van der Waals surface area (Å²) in [6, 6.07) is 11.4. The van der Waals surface area contributed by atoms with Crippen LogP contribution in [0.25, 0.3) is 6.08 Å². The number of amides is 1. The van der Waals surface area contributed by atoms with Crippen LogP contribution in [0.1, 0.15) is 47.8 Å². The molecule has 1 aromatic carbocycles. The predicted octanol–water partition coefficient (Wildman–Crippen LogP) is 4.83. The molecular formula is C22H21N3O2S. The van der Waals surface area contributed by atoms with Gasteiger partial charge in [-0.15, -0.1) is 11.3 Å². The van der Waals surface area contributed by atoms with Gasteiger partial charge in [0.25, 0.3) is 5.91 Å². The lowest BCUT2D eigenvalue weighted by Crippen LogP contribution is -2.13. The summed E-state index contributed by atoms with van der Waals surface area (Å²) >= 11 is 1.45. The molecule has 28 heavy (non-hydrogen) atoms. The van der Waals surface area contributed by atoms with Crippen molar-refractivity contribution in [2.75, 3.05) is 11.9 Å². The number of thiophene rings is 1. The minimum absolute atomic E-state index is 0.00233. The van der Waals surface area contributed by atoms with E-state index in [0.29, 0.717) is 17.2 Å². The van der Waals surface area contributed by atoms with E-state index in [9.17, 15) is 15.3 Å². The van der Waals surface area contributed by atoms with Gasteiger partial charge >= 0.3 is 0 Å². The molecule has 2 aromatic rings. The molecule has 0 bridgehead atoms. The number of nitrogens with one attached hydrogen (secondary N) is 1. The van der Waals surface area contributed by atoms with Crippen LogP contribution in [0.2, 0.25) is 0 Å². The van der Waals surface area contributed by atoms with Gasteiger partial charge in [0.1, 0.15) is 28.5 Å². The molecule has 0 atom stereocenters. The van der Waals surface area contributed by atoms with Gasteiger partial charge in [-0.05, 0) is 61.4 Å². The SMILES string of the molecule is CCCOc1ccc(C=C(C#N)C(=O)Nc2sc3c(c2C#N)CCCC3)cc1. The van der Waals surface area contributed by atoms with Crippen molar-refractivity contribution in [2.24, 2.45) is 0 Å². The average Bonchev–Trinajstić information content (AvgIpc) is 3.08. The van der Waals surface area contributed by atoms with Crippen LogP contribution in [0.15, 0.2) is 29.8 Å². The molecule has 0 radical (unpaired) electrons. The summed E-state index contributed by atoms with van der Waals surface area (Å²) < 4.78 is 5.54. The Labute approximate surface area is 168 Å². The summed E-state index contributed by atoms with van der Waals surface area (Å²) in [5.74, 6) is 0.258. The van der Waals surface area contributed by atoms with E-state index in [1.807, 2.05) is 25.1 Å². The maximum atomic E-state index is 12.6. The summed E-state index contributed by atoms with van der Waals surface area (Å²) in [6.45, 7) is 2.68. The maximum absolute atomic E-state index is 12.6. The maximum Gasteiger partial charge on any atom is 0.266 e. The molecule has 1 N–H and O–H groups in total. The fourth-order valence-electron chi connectivity index (χ4n) is 3.14. The van der Waals surface area contributed by atoms with Crippen molar-refractivity contribution < 1.29 is 9.53 Å². The lowest BCUT2D eigenvalue weighted by atomic mass is 9.96. The first-order valence-corrected chi connectivity index (χ1v) is 10.2. The number of carbonyl (C=O) groups is 1. The third-order valence-corrected chi connectivity index (χ3v) is 5.75. The Balaban J connectivity index is 1.77. The Kier molecular flexibility index (Phi) is 6.47. The standard InChI is InChI=1S/C22H21N3O2S/c1-2-11-27-17-9-7-15(8-10-17)12-16(13-23)21(26)25-22-19(14-24)18-5-3-4-6-20(18)28-22/h7-10,12H,2-6,11H2,1H3,(H,25,26). The van der Waals surface area contributed by atoms with Crippen LogP contribution in [-0.2, 0) is 17.6 Å². The number of ether oxygens (including phenoxy) is 1. The summed E-state index contributed by atoms with van der Waals surface area (Å²) in [5.41, 5.74) is 2.33. The van der Waals surface area contributed by atoms with E-state index in [2.05, 4.69) is 11.4 Å². The summed E-state index contributed by atoms with van der Waals surface area (Å²) in [5, 5.41) is 22.3. The monoisotopic (exact) mass is 391 g/mol. The van der Waals surface area contributed by atoms with Crippen molar-refractivity contribution in [3.63, 3.8) is 0 Å². The Morgan fingerprint density at radius 2 is 2.00 bits per heavy atom. The largest absolute Gasteiger partial charge is 0.494 e. The number of carbonyl (C=O) groups excluding carboxylic acids is 1. The molecule has 0 unspecified atom stereocenters. The Morgan fingerprint density at radius 1 is 1.25 bits per heavy atom. The first kappa shape index (κ1) is 19.7. The van der Waals surface area contributed by atoms with E-state index in [0.717, 1.165) is 49.0 Å².